The van der Waals surface area contributed by atoms with Gasteiger partial charge >= 0.3 is 0 Å². The molecule has 1 aliphatic carbocycles. The maximum absolute atomic E-state index is 12.4. The number of nitrogens with zero attached hydrogens (tertiary/aromatic N) is 2. The number of carbonyl (C=O) groups is 1. The van der Waals surface area contributed by atoms with E-state index in [1.807, 2.05) is 6.92 Å². The third-order valence-corrected chi connectivity index (χ3v) is 4.72. The molecule has 2 N–H and O–H groups in total. The van der Waals surface area contributed by atoms with Crippen molar-refractivity contribution in [2.75, 3.05) is 19.5 Å². The Labute approximate surface area is 144 Å². The summed E-state index contributed by atoms with van der Waals surface area (Å²) in [6.07, 6.45) is 2.32. The van der Waals surface area contributed by atoms with Gasteiger partial charge in [0.1, 0.15) is 17.3 Å². The predicted octanol–water partition coefficient (Wildman–Crippen LogP) is 2.82. The highest BCUT2D eigenvalue weighted by Crippen LogP contribution is 2.38. The minimum absolute atomic E-state index is 0.149. The smallest absolute Gasteiger partial charge is 0.237 e. The lowest BCUT2D eigenvalue weighted by atomic mass is 10.2. The number of anilines is 1. The molecule has 0 saturated heterocycles. The molecule has 0 spiro atoms. The van der Waals surface area contributed by atoms with Gasteiger partial charge in [0.15, 0.2) is 0 Å². The van der Waals surface area contributed by atoms with Gasteiger partial charge in [0.05, 0.1) is 25.2 Å². The van der Waals surface area contributed by atoms with Crippen molar-refractivity contribution in [3.63, 3.8) is 0 Å². The van der Waals surface area contributed by atoms with E-state index < -0.39 is 0 Å². The molecule has 3 rings (SSSR count). The van der Waals surface area contributed by atoms with Crippen molar-refractivity contribution in [3.8, 4) is 11.5 Å². The van der Waals surface area contributed by atoms with E-state index >= 15 is 0 Å². The second kappa shape index (κ2) is 7.12. The normalized spacial score (nSPS) is 15.0. The van der Waals surface area contributed by atoms with E-state index in [1.54, 1.807) is 32.4 Å². The molecule has 0 bridgehead atoms. The highest BCUT2D eigenvalue weighted by Gasteiger charge is 2.28. The zero-order valence-corrected chi connectivity index (χ0v) is 14.6. The van der Waals surface area contributed by atoms with Crippen molar-refractivity contribution in [1.29, 1.82) is 0 Å². The molecule has 1 aromatic carbocycles. The molecule has 2 aromatic rings. The molecule has 1 fully saturated rings. The zero-order valence-electron chi connectivity index (χ0n) is 13.8. The standard InChI is InChI=1S/C16H20N4O3S/c1-9(24-16-18-14(19-20-16)10-4-5-10)15(21)17-12-8-11(22-2)6-7-13(12)23-3/h6-10H,4-5H2,1-3H3,(H,17,21)(H,18,19,20). The molecule has 1 aromatic heterocycles. The Bertz CT molecular complexity index is 730. The van der Waals surface area contributed by atoms with Gasteiger partial charge in [-0.1, -0.05) is 11.8 Å². The summed E-state index contributed by atoms with van der Waals surface area (Å²) in [6, 6.07) is 5.26. The molecule has 128 valence electrons. The van der Waals surface area contributed by atoms with E-state index in [-0.39, 0.29) is 11.2 Å². The first-order chi connectivity index (χ1) is 11.6. The lowest BCUT2D eigenvalue weighted by Crippen LogP contribution is -2.22. The summed E-state index contributed by atoms with van der Waals surface area (Å²) in [5, 5.41) is 10.2. The predicted molar refractivity (Wildman–Crippen MR) is 91.9 cm³/mol. The molecule has 1 unspecified atom stereocenters. The zero-order chi connectivity index (χ0) is 17.1. The van der Waals surface area contributed by atoms with Crippen LogP contribution in [0.25, 0.3) is 0 Å². The van der Waals surface area contributed by atoms with Crippen molar-refractivity contribution in [3.05, 3.63) is 24.0 Å². The first-order valence-corrected chi connectivity index (χ1v) is 8.60. The number of H-pyrrole nitrogens is 1. The second-order valence-corrected chi connectivity index (χ2v) is 6.90. The maximum atomic E-state index is 12.4. The van der Waals surface area contributed by atoms with Gasteiger partial charge in [-0.25, -0.2) is 4.98 Å². The number of benzene rings is 1. The van der Waals surface area contributed by atoms with Crippen molar-refractivity contribution < 1.29 is 14.3 Å². The largest absolute Gasteiger partial charge is 0.497 e. The molecule has 1 amide bonds. The van der Waals surface area contributed by atoms with Crippen molar-refractivity contribution in [1.82, 2.24) is 15.2 Å². The van der Waals surface area contributed by atoms with Crippen LogP contribution in [0.1, 0.15) is 31.5 Å². The Balaban J connectivity index is 1.64. The highest BCUT2D eigenvalue weighted by atomic mass is 32.2. The second-order valence-electron chi connectivity index (χ2n) is 5.59. The lowest BCUT2D eigenvalue weighted by molar-refractivity contribution is -0.115. The van der Waals surface area contributed by atoms with Gasteiger partial charge in [-0.15, -0.1) is 5.10 Å². The number of aromatic amines is 1. The molecule has 1 heterocycles. The van der Waals surface area contributed by atoms with E-state index in [0.717, 1.165) is 18.7 Å². The van der Waals surface area contributed by atoms with E-state index in [9.17, 15) is 4.79 Å². The van der Waals surface area contributed by atoms with Crippen LogP contribution in [0.4, 0.5) is 5.69 Å². The van der Waals surface area contributed by atoms with Crippen LogP contribution in [-0.4, -0.2) is 40.6 Å². The highest BCUT2D eigenvalue weighted by molar-refractivity contribution is 8.00. The fourth-order valence-electron chi connectivity index (χ4n) is 2.21. The molecule has 0 radical (unpaired) electrons. The van der Waals surface area contributed by atoms with E-state index in [1.165, 1.54) is 11.8 Å². The molecule has 1 atom stereocenters. The first kappa shape index (κ1) is 16.6. The van der Waals surface area contributed by atoms with Crippen molar-refractivity contribution in [2.24, 2.45) is 0 Å². The minimum Gasteiger partial charge on any atom is -0.497 e. The van der Waals surface area contributed by atoms with Crippen LogP contribution in [0.5, 0.6) is 11.5 Å². The van der Waals surface area contributed by atoms with Gasteiger partial charge in [0.2, 0.25) is 11.1 Å². The minimum atomic E-state index is -0.344. The maximum Gasteiger partial charge on any atom is 0.237 e. The molecule has 7 nitrogen and oxygen atoms in total. The molecule has 8 heteroatoms. The average Bonchev–Trinajstić information content (AvgIpc) is 3.34. The Morgan fingerprint density at radius 1 is 1.38 bits per heavy atom. The monoisotopic (exact) mass is 348 g/mol. The fourth-order valence-corrected chi connectivity index (χ4v) is 2.94. The number of amides is 1. The Hall–Kier alpha value is -2.22. The van der Waals surface area contributed by atoms with Crippen LogP contribution in [0.15, 0.2) is 23.4 Å². The number of hydrogen-bond donors (Lipinski definition) is 2. The Kier molecular flexibility index (Phi) is 4.94. The quantitative estimate of drug-likeness (QED) is 0.748. The van der Waals surface area contributed by atoms with E-state index in [2.05, 4.69) is 20.5 Å². The summed E-state index contributed by atoms with van der Waals surface area (Å²) in [5.41, 5.74) is 0.572. The number of rotatable bonds is 7. The van der Waals surface area contributed by atoms with Crippen molar-refractivity contribution in [2.45, 2.75) is 36.1 Å². The van der Waals surface area contributed by atoms with Crippen LogP contribution in [0.2, 0.25) is 0 Å². The number of hydrogen-bond acceptors (Lipinski definition) is 6. The molecule has 24 heavy (non-hydrogen) atoms. The number of thioether (sulfide) groups is 1. The van der Waals surface area contributed by atoms with Crippen LogP contribution in [0.3, 0.4) is 0 Å². The summed E-state index contributed by atoms with van der Waals surface area (Å²) in [4.78, 5) is 16.9. The van der Waals surface area contributed by atoms with Crippen LogP contribution < -0.4 is 14.8 Å². The third-order valence-electron chi connectivity index (χ3n) is 3.76. The molecular formula is C16H20N4O3S. The summed E-state index contributed by atoms with van der Waals surface area (Å²) in [7, 11) is 3.13. The molecule has 1 aliphatic rings. The summed E-state index contributed by atoms with van der Waals surface area (Å²) in [6.45, 7) is 1.82. The third kappa shape index (κ3) is 3.81. The van der Waals surface area contributed by atoms with Crippen LogP contribution in [0, 0.1) is 0 Å². The Morgan fingerprint density at radius 3 is 2.83 bits per heavy atom. The summed E-state index contributed by atoms with van der Waals surface area (Å²) < 4.78 is 10.5. The molecule has 0 aliphatic heterocycles. The van der Waals surface area contributed by atoms with Gasteiger partial charge in [-0.2, -0.15) is 0 Å². The van der Waals surface area contributed by atoms with Gasteiger partial charge < -0.3 is 14.8 Å². The van der Waals surface area contributed by atoms with Gasteiger partial charge in [0, 0.05) is 12.0 Å². The number of ether oxygens (including phenoxy) is 2. The van der Waals surface area contributed by atoms with Gasteiger partial charge in [-0.05, 0) is 31.9 Å². The lowest BCUT2D eigenvalue weighted by Gasteiger charge is -2.14. The molecular weight excluding hydrogens is 328 g/mol. The average molecular weight is 348 g/mol. The van der Waals surface area contributed by atoms with Crippen LogP contribution >= 0.6 is 11.8 Å². The van der Waals surface area contributed by atoms with E-state index in [0.29, 0.717) is 28.3 Å². The van der Waals surface area contributed by atoms with Crippen molar-refractivity contribution >= 4 is 23.4 Å². The van der Waals surface area contributed by atoms with Gasteiger partial charge in [0.25, 0.3) is 0 Å². The number of aromatic nitrogens is 3. The van der Waals surface area contributed by atoms with E-state index in [4.69, 9.17) is 9.47 Å². The summed E-state index contributed by atoms with van der Waals surface area (Å²) >= 11 is 1.32. The summed E-state index contributed by atoms with van der Waals surface area (Å²) in [5.74, 6) is 2.51. The number of nitrogens with one attached hydrogen (secondary N) is 2. The number of methoxy groups -OCH3 is 2. The fraction of sp³-hybridized carbons (Fsp3) is 0.438. The molecule has 1 saturated carbocycles. The van der Waals surface area contributed by atoms with Crippen LogP contribution in [-0.2, 0) is 4.79 Å². The SMILES string of the molecule is COc1ccc(OC)c(NC(=O)C(C)Sc2n[nH]c(C3CC3)n2)c1. The first-order valence-electron chi connectivity index (χ1n) is 7.72. The number of carbonyl (C=O) groups excluding carboxylic acids is 1. The Morgan fingerprint density at radius 2 is 2.17 bits per heavy atom. The topological polar surface area (TPSA) is 89.1 Å². The van der Waals surface area contributed by atoms with Gasteiger partial charge in [-0.3, -0.25) is 9.89 Å².